The van der Waals surface area contributed by atoms with Crippen LogP contribution in [0.1, 0.15) is 31.9 Å². The Labute approximate surface area is 129 Å². The van der Waals surface area contributed by atoms with E-state index in [1.807, 2.05) is 44.2 Å². The zero-order chi connectivity index (χ0) is 15.8. The smallest absolute Gasteiger partial charge is 0.183 e. The van der Waals surface area contributed by atoms with Crippen molar-refractivity contribution in [3.63, 3.8) is 0 Å². The van der Waals surface area contributed by atoms with Crippen molar-refractivity contribution < 1.29 is 19.3 Å². The summed E-state index contributed by atoms with van der Waals surface area (Å²) in [4.78, 5) is 18.1. The largest absolute Gasteiger partial charge is 0.378 e. The van der Waals surface area contributed by atoms with Crippen LogP contribution in [-0.4, -0.2) is 37.0 Å². The van der Waals surface area contributed by atoms with E-state index in [1.54, 1.807) is 7.11 Å². The molecule has 0 aliphatic carbocycles. The van der Waals surface area contributed by atoms with E-state index in [-0.39, 0.29) is 23.5 Å². The highest BCUT2D eigenvalue weighted by Gasteiger charge is 2.35. The SMILES string of the molecule is CC.[B]/C(=C\C1OC(c2ccccc2)C[C@@H]1OC)P(O)O. The third-order valence-corrected chi connectivity index (χ3v) is 3.79. The van der Waals surface area contributed by atoms with Crippen molar-refractivity contribution in [2.24, 2.45) is 0 Å². The van der Waals surface area contributed by atoms with Gasteiger partial charge in [-0.25, -0.2) is 0 Å². The van der Waals surface area contributed by atoms with Crippen LogP contribution in [0.4, 0.5) is 0 Å². The molecule has 4 nitrogen and oxygen atoms in total. The van der Waals surface area contributed by atoms with E-state index in [0.717, 1.165) is 5.56 Å². The van der Waals surface area contributed by atoms with E-state index < -0.39 is 8.38 Å². The molecule has 2 N–H and O–H groups in total. The van der Waals surface area contributed by atoms with E-state index in [9.17, 15) is 0 Å². The molecule has 0 spiro atoms. The summed E-state index contributed by atoms with van der Waals surface area (Å²) in [5.74, 6) is 0. The number of methoxy groups -OCH3 is 1. The molecule has 3 atom stereocenters. The summed E-state index contributed by atoms with van der Waals surface area (Å²) in [5, 5.41) is 0.0377. The second-order valence-electron chi connectivity index (χ2n) is 4.39. The van der Waals surface area contributed by atoms with Crippen LogP contribution in [0.2, 0.25) is 0 Å². The molecule has 1 aliphatic rings. The van der Waals surface area contributed by atoms with E-state index in [1.165, 1.54) is 6.08 Å². The standard InChI is InChI=1S/C13H16BO4P.C2H6/c1-17-11-7-10(9-5-3-2-4-6-9)18-12(11)8-13(14)19(15)16;1-2/h2-6,8,10-12,15-16H,7H2,1H3;1-2H3/b13-8+;/t10?,11-,12?;/m0./s1. The van der Waals surface area contributed by atoms with Gasteiger partial charge in [-0.3, -0.25) is 0 Å². The van der Waals surface area contributed by atoms with Gasteiger partial charge in [0.15, 0.2) is 8.38 Å². The molecule has 6 heteroatoms. The minimum atomic E-state index is -2.27. The Morgan fingerprint density at radius 2 is 1.95 bits per heavy atom. The van der Waals surface area contributed by atoms with Crippen molar-refractivity contribution in [3.05, 3.63) is 47.2 Å². The van der Waals surface area contributed by atoms with Crippen molar-refractivity contribution >= 4 is 16.2 Å². The summed E-state index contributed by atoms with van der Waals surface area (Å²) in [6.07, 6.45) is 1.68. The maximum Gasteiger partial charge on any atom is 0.183 e. The lowest BCUT2D eigenvalue weighted by atomic mass is 10.0. The third kappa shape index (κ3) is 5.21. The monoisotopic (exact) mass is 308 g/mol. The Balaban J connectivity index is 0.00000106. The molecule has 1 aliphatic heterocycles. The van der Waals surface area contributed by atoms with Gasteiger partial charge >= 0.3 is 0 Å². The van der Waals surface area contributed by atoms with Gasteiger partial charge in [-0.15, -0.1) is 0 Å². The van der Waals surface area contributed by atoms with Gasteiger partial charge in [-0.2, -0.15) is 0 Å². The van der Waals surface area contributed by atoms with Gasteiger partial charge in [-0.05, 0) is 10.8 Å². The Hall–Kier alpha value is -0.705. The van der Waals surface area contributed by atoms with E-state index >= 15 is 0 Å². The fourth-order valence-electron chi connectivity index (χ4n) is 2.17. The molecule has 2 unspecified atom stereocenters. The van der Waals surface area contributed by atoms with Crippen molar-refractivity contribution in [3.8, 4) is 0 Å². The first kappa shape index (κ1) is 18.3. The molecule has 0 amide bonds. The molecule has 114 valence electrons. The Morgan fingerprint density at radius 3 is 2.48 bits per heavy atom. The number of hydrogen-bond acceptors (Lipinski definition) is 4. The first-order valence-corrected chi connectivity index (χ1v) is 8.25. The number of ether oxygens (including phenoxy) is 2. The highest BCUT2D eigenvalue weighted by Crippen LogP contribution is 2.38. The highest BCUT2D eigenvalue weighted by molar-refractivity contribution is 7.52. The molecule has 0 bridgehead atoms. The Morgan fingerprint density at radius 1 is 1.33 bits per heavy atom. The van der Waals surface area contributed by atoms with Gasteiger partial charge in [-0.1, -0.05) is 50.3 Å². The van der Waals surface area contributed by atoms with Crippen LogP contribution in [0.25, 0.3) is 0 Å². The van der Waals surface area contributed by atoms with Crippen LogP contribution < -0.4 is 0 Å². The molecule has 2 rings (SSSR count). The van der Waals surface area contributed by atoms with Gasteiger partial charge in [0.2, 0.25) is 0 Å². The first-order valence-electron chi connectivity index (χ1n) is 7.00. The predicted octanol–water partition coefficient (Wildman–Crippen LogP) is 2.86. The van der Waals surface area contributed by atoms with Crippen LogP contribution in [0.5, 0.6) is 0 Å². The fourth-order valence-corrected chi connectivity index (χ4v) is 2.45. The summed E-state index contributed by atoms with van der Waals surface area (Å²) in [7, 11) is 4.89. The maximum absolute atomic E-state index is 9.05. The molecule has 2 radical (unpaired) electrons. The Kier molecular flexibility index (Phi) is 8.16. The predicted molar refractivity (Wildman–Crippen MR) is 86.0 cm³/mol. The molecular formula is C15H22BO4P. The topological polar surface area (TPSA) is 58.9 Å². The lowest BCUT2D eigenvalue weighted by Crippen LogP contribution is -2.21. The van der Waals surface area contributed by atoms with Crippen molar-refractivity contribution in [2.75, 3.05) is 7.11 Å². The fraction of sp³-hybridized carbons (Fsp3) is 0.467. The molecule has 1 fully saturated rings. The molecule has 0 aromatic heterocycles. The third-order valence-electron chi connectivity index (χ3n) is 3.17. The van der Waals surface area contributed by atoms with Crippen LogP contribution in [0.15, 0.2) is 41.6 Å². The number of benzene rings is 1. The average Bonchev–Trinajstić information content (AvgIpc) is 2.93. The van der Waals surface area contributed by atoms with Gasteiger partial charge < -0.3 is 19.3 Å². The van der Waals surface area contributed by atoms with Crippen LogP contribution in [0.3, 0.4) is 0 Å². The highest BCUT2D eigenvalue weighted by atomic mass is 31.2. The number of rotatable bonds is 4. The van der Waals surface area contributed by atoms with Crippen molar-refractivity contribution in [2.45, 2.75) is 38.6 Å². The molecule has 1 aromatic carbocycles. The molecular weight excluding hydrogens is 286 g/mol. The molecule has 0 saturated carbocycles. The maximum atomic E-state index is 9.05. The van der Waals surface area contributed by atoms with Gasteiger partial charge in [0.1, 0.15) is 14.0 Å². The zero-order valence-electron chi connectivity index (χ0n) is 12.6. The summed E-state index contributed by atoms with van der Waals surface area (Å²) in [6.45, 7) is 4.00. The average molecular weight is 308 g/mol. The molecule has 1 heterocycles. The van der Waals surface area contributed by atoms with Crippen molar-refractivity contribution in [1.29, 1.82) is 0 Å². The van der Waals surface area contributed by atoms with E-state index in [4.69, 9.17) is 27.1 Å². The minimum Gasteiger partial charge on any atom is -0.378 e. The first-order chi connectivity index (χ1) is 10.1. The summed E-state index contributed by atoms with van der Waals surface area (Å²) in [5.41, 5.74) is 1.08. The minimum absolute atomic E-state index is 0.0377. The lowest BCUT2D eigenvalue weighted by Gasteiger charge is -2.15. The lowest BCUT2D eigenvalue weighted by molar-refractivity contribution is 0.0219. The molecule has 1 aromatic rings. The van der Waals surface area contributed by atoms with Gasteiger partial charge in [0.25, 0.3) is 0 Å². The van der Waals surface area contributed by atoms with Crippen molar-refractivity contribution in [1.82, 2.24) is 0 Å². The molecule has 21 heavy (non-hydrogen) atoms. The van der Waals surface area contributed by atoms with Crippen LogP contribution in [0, 0.1) is 0 Å². The summed E-state index contributed by atoms with van der Waals surface area (Å²) >= 11 is 0. The van der Waals surface area contributed by atoms with Gasteiger partial charge in [0, 0.05) is 13.5 Å². The van der Waals surface area contributed by atoms with E-state index in [2.05, 4.69) is 0 Å². The normalized spacial score (nSPS) is 25.6. The summed E-state index contributed by atoms with van der Waals surface area (Å²) < 4.78 is 11.3. The quantitative estimate of drug-likeness (QED) is 0.663. The second-order valence-corrected chi connectivity index (χ2v) is 5.49. The number of hydrogen-bond donors (Lipinski definition) is 2. The van der Waals surface area contributed by atoms with E-state index in [0.29, 0.717) is 6.42 Å². The zero-order valence-corrected chi connectivity index (χ0v) is 13.5. The van der Waals surface area contributed by atoms with Crippen LogP contribution in [-0.2, 0) is 9.47 Å². The Bertz CT molecular complexity index is 439. The van der Waals surface area contributed by atoms with Crippen LogP contribution >= 0.6 is 8.38 Å². The van der Waals surface area contributed by atoms with Gasteiger partial charge in [0.05, 0.1) is 12.2 Å². The summed E-state index contributed by atoms with van der Waals surface area (Å²) in [6, 6.07) is 9.86. The second kappa shape index (κ2) is 9.34. The molecule has 1 saturated heterocycles.